The number of carbonyl (C=O) groups excluding carboxylic acids is 1. The van der Waals surface area contributed by atoms with Crippen molar-refractivity contribution in [2.45, 2.75) is 37.3 Å². The summed E-state index contributed by atoms with van der Waals surface area (Å²) in [7, 11) is 0. The molecule has 176 valence electrons. The fraction of sp³-hybridized carbons (Fsp3) is 0.440. The Bertz CT molecular complexity index is 963. The van der Waals surface area contributed by atoms with Crippen molar-refractivity contribution in [3.05, 3.63) is 59.7 Å². The van der Waals surface area contributed by atoms with Crippen LogP contribution in [0.15, 0.2) is 48.5 Å². The molecule has 2 saturated heterocycles. The summed E-state index contributed by atoms with van der Waals surface area (Å²) < 4.78 is 10.8. The maximum absolute atomic E-state index is 13.1. The molecular weight excluding hydrogens is 424 g/mol. The first kappa shape index (κ1) is 23.1. The van der Waals surface area contributed by atoms with Crippen molar-refractivity contribution >= 4 is 12.4 Å². The van der Waals surface area contributed by atoms with Crippen LogP contribution in [0.4, 0.5) is 0 Å². The first-order valence-corrected chi connectivity index (χ1v) is 11.3. The molecule has 0 bridgehead atoms. The Labute approximate surface area is 193 Å². The molecule has 8 heteroatoms. The molecule has 0 radical (unpaired) electrons. The summed E-state index contributed by atoms with van der Waals surface area (Å²) in [4.78, 5) is 25.8. The van der Waals surface area contributed by atoms with Gasteiger partial charge in [0.2, 0.25) is 12.7 Å². The highest BCUT2D eigenvalue weighted by molar-refractivity contribution is 5.79. The molecule has 1 amide bonds. The van der Waals surface area contributed by atoms with Crippen molar-refractivity contribution in [1.29, 1.82) is 0 Å². The monoisotopic (exact) mass is 454 g/mol. The maximum Gasteiger partial charge on any atom is 0.290 e. The fourth-order valence-corrected chi connectivity index (χ4v) is 5.02. The van der Waals surface area contributed by atoms with Crippen LogP contribution >= 0.6 is 0 Å². The molecule has 3 aliphatic heterocycles. The molecule has 0 aliphatic carbocycles. The van der Waals surface area contributed by atoms with Crippen LogP contribution in [0.2, 0.25) is 0 Å². The summed E-state index contributed by atoms with van der Waals surface area (Å²) in [6, 6.07) is 15.5. The van der Waals surface area contributed by atoms with Gasteiger partial charge < -0.3 is 24.6 Å². The van der Waals surface area contributed by atoms with Crippen molar-refractivity contribution in [3.63, 3.8) is 0 Å². The van der Waals surface area contributed by atoms with Crippen LogP contribution in [0, 0.1) is 0 Å². The molecule has 0 unspecified atom stereocenters. The van der Waals surface area contributed by atoms with Gasteiger partial charge in [-0.2, -0.15) is 0 Å². The van der Waals surface area contributed by atoms with E-state index in [0.29, 0.717) is 31.7 Å². The quantitative estimate of drug-likeness (QED) is 0.684. The SMILES string of the molecule is O=C(Cc1ccc2c(c1)OCO2)N1CC[C@](O)(c2ccccc2)[C@H](N2CCCC2)C1.O=CO. The summed E-state index contributed by atoms with van der Waals surface area (Å²) in [5, 5.41) is 18.6. The van der Waals surface area contributed by atoms with E-state index in [1.54, 1.807) is 0 Å². The number of likely N-dealkylation sites (tertiary alicyclic amines) is 2. The number of hydrogen-bond donors (Lipinski definition) is 2. The van der Waals surface area contributed by atoms with Gasteiger partial charge in [0.25, 0.3) is 6.47 Å². The largest absolute Gasteiger partial charge is 0.483 e. The number of amides is 1. The van der Waals surface area contributed by atoms with E-state index >= 15 is 0 Å². The molecule has 8 nitrogen and oxygen atoms in total. The van der Waals surface area contributed by atoms with Gasteiger partial charge in [-0.25, -0.2) is 0 Å². The van der Waals surface area contributed by atoms with Crippen LogP contribution < -0.4 is 9.47 Å². The number of ether oxygens (including phenoxy) is 2. The highest BCUT2D eigenvalue weighted by atomic mass is 16.7. The van der Waals surface area contributed by atoms with Crippen LogP contribution in [0.5, 0.6) is 11.5 Å². The van der Waals surface area contributed by atoms with Crippen molar-refractivity contribution < 1.29 is 29.3 Å². The fourth-order valence-electron chi connectivity index (χ4n) is 5.02. The van der Waals surface area contributed by atoms with Crippen LogP contribution in [0.1, 0.15) is 30.4 Å². The van der Waals surface area contributed by atoms with Crippen molar-refractivity contribution in [2.75, 3.05) is 33.0 Å². The van der Waals surface area contributed by atoms with E-state index in [1.807, 2.05) is 53.4 Å². The predicted molar refractivity (Wildman–Crippen MR) is 121 cm³/mol. The minimum absolute atomic E-state index is 0.0862. The zero-order valence-corrected chi connectivity index (χ0v) is 18.6. The molecule has 2 N–H and O–H groups in total. The third-order valence-electron chi connectivity index (χ3n) is 6.71. The molecule has 2 fully saturated rings. The summed E-state index contributed by atoms with van der Waals surface area (Å²) in [5.41, 5.74) is 0.942. The van der Waals surface area contributed by atoms with Crippen LogP contribution in [0.25, 0.3) is 0 Å². The highest BCUT2D eigenvalue weighted by Gasteiger charge is 2.47. The van der Waals surface area contributed by atoms with Gasteiger partial charge in [0.15, 0.2) is 11.5 Å². The molecule has 33 heavy (non-hydrogen) atoms. The summed E-state index contributed by atoms with van der Waals surface area (Å²) in [6.07, 6.45) is 3.16. The molecule has 0 spiro atoms. The lowest BCUT2D eigenvalue weighted by Gasteiger charge is -2.48. The lowest BCUT2D eigenvalue weighted by atomic mass is 9.79. The topological polar surface area (TPSA) is 99.5 Å². The number of fused-ring (bicyclic) bond motifs is 1. The van der Waals surface area contributed by atoms with E-state index in [-0.39, 0.29) is 25.2 Å². The molecule has 5 rings (SSSR count). The molecular formula is C25H30N2O6. The zero-order valence-electron chi connectivity index (χ0n) is 18.6. The smallest absolute Gasteiger partial charge is 0.290 e. The Morgan fingerprint density at radius 2 is 1.76 bits per heavy atom. The van der Waals surface area contributed by atoms with Gasteiger partial charge >= 0.3 is 0 Å². The minimum atomic E-state index is -0.929. The minimum Gasteiger partial charge on any atom is -0.483 e. The first-order chi connectivity index (χ1) is 16.0. The number of rotatable bonds is 4. The average molecular weight is 455 g/mol. The summed E-state index contributed by atoms with van der Waals surface area (Å²) in [5.74, 6) is 1.52. The summed E-state index contributed by atoms with van der Waals surface area (Å²) in [6.45, 7) is 3.04. The second-order valence-corrected chi connectivity index (χ2v) is 8.61. The molecule has 2 aromatic rings. The number of carbonyl (C=O) groups is 2. The summed E-state index contributed by atoms with van der Waals surface area (Å²) >= 11 is 0. The standard InChI is InChI=1S/C24H28N2O4.CH2O2/c27-23(15-18-8-9-20-21(14-18)30-17-29-20)26-13-10-24(28,19-6-2-1-3-7-19)22(16-26)25-11-4-5-12-25;2-1-3/h1-3,6-9,14,22,28H,4-5,10-13,15-17H2;1H,(H,2,3)/t22-,24+;/m1./s1. The Morgan fingerprint density at radius 1 is 1.06 bits per heavy atom. The second kappa shape index (κ2) is 10.2. The lowest BCUT2D eigenvalue weighted by Crippen LogP contribution is -2.61. The normalized spacial score (nSPS) is 24.2. The average Bonchev–Trinajstić information content (AvgIpc) is 3.52. The maximum atomic E-state index is 13.1. The molecule has 3 aliphatic rings. The Morgan fingerprint density at radius 3 is 2.48 bits per heavy atom. The van der Waals surface area contributed by atoms with E-state index in [4.69, 9.17) is 19.4 Å². The van der Waals surface area contributed by atoms with Gasteiger partial charge in [-0.1, -0.05) is 36.4 Å². The molecule has 0 saturated carbocycles. The van der Waals surface area contributed by atoms with Crippen LogP contribution in [-0.2, 0) is 21.6 Å². The van der Waals surface area contributed by atoms with Gasteiger partial charge in [-0.3, -0.25) is 14.5 Å². The second-order valence-electron chi connectivity index (χ2n) is 8.61. The number of aliphatic hydroxyl groups is 1. The molecule has 3 heterocycles. The van der Waals surface area contributed by atoms with E-state index in [9.17, 15) is 9.90 Å². The van der Waals surface area contributed by atoms with Crippen molar-refractivity contribution in [3.8, 4) is 11.5 Å². The van der Waals surface area contributed by atoms with E-state index < -0.39 is 5.60 Å². The number of hydrogen-bond acceptors (Lipinski definition) is 6. The molecule has 2 aromatic carbocycles. The van der Waals surface area contributed by atoms with Gasteiger partial charge in [0.05, 0.1) is 12.5 Å². The predicted octanol–water partition coefficient (Wildman–Crippen LogP) is 2.24. The van der Waals surface area contributed by atoms with Crippen molar-refractivity contribution in [1.82, 2.24) is 9.80 Å². The Kier molecular flexibility index (Phi) is 7.15. The third-order valence-corrected chi connectivity index (χ3v) is 6.71. The number of carboxylic acid groups (broad SMARTS) is 1. The molecule has 0 aromatic heterocycles. The number of benzene rings is 2. The van der Waals surface area contributed by atoms with E-state index in [0.717, 1.165) is 42.8 Å². The van der Waals surface area contributed by atoms with Crippen molar-refractivity contribution in [2.24, 2.45) is 0 Å². The lowest BCUT2D eigenvalue weighted by molar-refractivity contribution is -0.142. The van der Waals surface area contributed by atoms with Crippen LogP contribution in [0.3, 0.4) is 0 Å². The van der Waals surface area contributed by atoms with Gasteiger partial charge in [0, 0.05) is 13.1 Å². The zero-order chi connectivity index (χ0) is 23.3. The number of nitrogens with zero attached hydrogens (tertiary/aromatic N) is 2. The van der Waals surface area contributed by atoms with Gasteiger partial charge in [-0.15, -0.1) is 0 Å². The number of piperidine rings is 1. The highest BCUT2D eigenvalue weighted by Crippen LogP contribution is 2.38. The first-order valence-electron chi connectivity index (χ1n) is 11.3. The molecule has 2 atom stereocenters. The van der Waals surface area contributed by atoms with Gasteiger partial charge in [0.1, 0.15) is 5.60 Å². The van der Waals surface area contributed by atoms with Crippen LogP contribution in [-0.4, -0.2) is 71.4 Å². The third kappa shape index (κ3) is 4.96. The van der Waals surface area contributed by atoms with Gasteiger partial charge in [-0.05, 0) is 55.6 Å². The Hall–Kier alpha value is -3.10. The van der Waals surface area contributed by atoms with E-state index in [1.165, 1.54) is 0 Å². The van der Waals surface area contributed by atoms with E-state index in [2.05, 4.69) is 4.90 Å². The Balaban J connectivity index is 0.000000821.